The van der Waals surface area contributed by atoms with Crippen molar-refractivity contribution in [2.24, 2.45) is 10.4 Å². The zero-order valence-corrected chi connectivity index (χ0v) is 17.6. The lowest BCUT2D eigenvalue weighted by Crippen LogP contribution is -2.47. The van der Waals surface area contributed by atoms with Crippen molar-refractivity contribution < 1.29 is 27.8 Å². The highest BCUT2D eigenvalue weighted by atomic mass is 19.4. The summed E-state index contributed by atoms with van der Waals surface area (Å²) in [7, 11) is 3.09. The lowest BCUT2D eigenvalue weighted by atomic mass is 9.90. The first-order valence-corrected chi connectivity index (χ1v) is 9.05. The van der Waals surface area contributed by atoms with Crippen LogP contribution in [0.3, 0.4) is 0 Å². The van der Waals surface area contributed by atoms with E-state index in [1.807, 2.05) is 39.6 Å². The molecule has 1 atom stereocenters. The fourth-order valence-electron chi connectivity index (χ4n) is 2.37. The van der Waals surface area contributed by atoms with Crippen LogP contribution in [-0.2, 0) is 10.3 Å². The molecule has 0 aliphatic rings. The normalized spacial score (nSPS) is 15.0. The van der Waals surface area contributed by atoms with Gasteiger partial charge in [0.15, 0.2) is 0 Å². The van der Waals surface area contributed by atoms with E-state index in [4.69, 9.17) is 9.47 Å². The molecule has 1 rings (SSSR count). The highest BCUT2D eigenvalue weighted by molar-refractivity contribution is 5.65. The van der Waals surface area contributed by atoms with Crippen LogP contribution in [0.15, 0.2) is 17.1 Å². The molecular weight excluding hydrogens is 373 g/mol. The van der Waals surface area contributed by atoms with E-state index in [1.54, 1.807) is 13.3 Å². The standard InChI is InChI=1S/C20H31F3N2O3/c1-8-25(6)13-24-16-10-17(27-7)15(9-14(16)2)19(26,20(21,22)23)12-28-11-18(3,4)5/h9-10,13,26H,8,11-12H2,1-7H3/b24-13+. The van der Waals surface area contributed by atoms with E-state index in [-0.39, 0.29) is 17.8 Å². The van der Waals surface area contributed by atoms with Crippen molar-refractivity contribution in [1.29, 1.82) is 0 Å². The van der Waals surface area contributed by atoms with E-state index in [1.165, 1.54) is 19.2 Å². The molecule has 28 heavy (non-hydrogen) atoms. The molecule has 5 nitrogen and oxygen atoms in total. The van der Waals surface area contributed by atoms with Gasteiger partial charge in [-0.15, -0.1) is 0 Å². The van der Waals surface area contributed by atoms with Crippen molar-refractivity contribution in [3.63, 3.8) is 0 Å². The SMILES string of the molecule is CCN(C)/C=N/c1cc(OC)c(C(O)(COCC(C)(C)C)C(F)(F)F)cc1C. The highest BCUT2D eigenvalue weighted by Crippen LogP contribution is 2.45. The molecule has 1 aromatic carbocycles. The first kappa shape index (κ1) is 24.2. The van der Waals surface area contributed by atoms with Crippen LogP contribution in [0.2, 0.25) is 0 Å². The predicted molar refractivity (Wildman–Crippen MR) is 104 cm³/mol. The first-order valence-electron chi connectivity index (χ1n) is 9.05. The predicted octanol–water partition coefficient (Wildman–Crippen LogP) is 4.43. The second kappa shape index (κ2) is 9.13. The number of rotatable bonds is 8. The van der Waals surface area contributed by atoms with Crippen LogP contribution in [0.4, 0.5) is 18.9 Å². The van der Waals surface area contributed by atoms with Gasteiger partial charge in [-0.2, -0.15) is 13.2 Å². The van der Waals surface area contributed by atoms with Crippen LogP contribution >= 0.6 is 0 Å². The Bertz CT molecular complexity index is 684. The lowest BCUT2D eigenvalue weighted by Gasteiger charge is -2.33. The number of methoxy groups -OCH3 is 1. The summed E-state index contributed by atoms with van der Waals surface area (Å²) in [5.74, 6) is -0.101. The second-order valence-corrected chi connectivity index (χ2v) is 8.07. The summed E-state index contributed by atoms with van der Waals surface area (Å²) in [4.78, 5) is 6.12. The van der Waals surface area contributed by atoms with Crippen molar-refractivity contribution in [2.75, 3.05) is 33.9 Å². The van der Waals surface area contributed by atoms with Crippen LogP contribution in [0.5, 0.6) is 5.75 Å². The number of benzene rings is 1. The second-order valence-electron chi connectivity index (χ2n) is 8.07. The van der Waals surface area contributed by atoms with E-state index in [0.29, 0.717) is 11.3 Å². The third-order valence-corrected chi connectivity index (χ3v) is 4.17. The smallest absolute Gasteiger partial charge is 0.423 e. The maximum atomic E-state index is 13.8. The third kappa shape index (κ3) is 6.10. The van der Waals surface area contributed by atoms with Gasteiger partial charge in [-0.1, -0.05) is 20.8 Å². The fraction of sp³-hybridized carbons (Fsp3) is 0.650. The molecule has 0 fully saturated rings. The number of nitrogens with zero attached hydrogens (tertiary/aromatic N) is 2. The van der Waals surface area contributed by atoms with Crippen LogP contribution in [0.25, 0.3) is 0 Å². The van der Waals surface area contributed by atoms with Gasteiger partial charge in [0, 0.05) is 25.2 Å². The largest absolute Gasteiger partial charge is 0.496 e. The topological polar surface area (TPSA) is 54.3 Å². The van der Waals surface area contributed by atoms with Gasteiger partial charge in [-0.3, -0.25) is 0 Å². The van der Waals surface area contributed by atoms with Crippen molar-refractivity contribution in [3.8, 4) is 5.75 Å². The van der Waals surface area contributed by atoms with Crippen molar-refractivity contribution in [1.82, 2.24) is 4.90 Å². The number of alkyl halides is 3. The molecule has 1 N–H and O–H groups in total. The molecule has 160 valence electrons. The van der Waals surface area contributed by atoms with Crippen molar-refractivity contribution in [2.45, 2.75) is 46.4 Å². The van der Waals surface area contributed by atoms with E-state index < -0.39 is 23.9 Å². The Morgan fingerprint density at radius 1 is 1.18 bits per heavy atom. The molecular formula is C20H31F3N2O3. The summed E-state index contributed by atoms with van der Waals surface area (Å²) < 4.78 is 51.9. The number of aliphatic imine (C=N–C) groups is 1. The van der Waals surface area contributed by atoms with E-state index >= 15 is 0 Å². The van der Waals surface area contributed by atoms with E-state index in [9.17, 15) is 18.3 Å². The fourth-order valence-corrected chi connectivity index (χ4v) is 2.37. The van der Waals surface area contributed by atoms with E-state index in [0.717, 1.165) is 6.54 Å². The average Bonchev–Trinajstić information content (AvgIpc) is 2.57. The highest BCUT2D eigenvalue weighted by Gasteiger charge is 2.57. The Balaban J connectivity index is 3.37. The Morgan fingerprint density at radius 2 is 1.79 bits per heavy atom. The molecule has 8 heteroatoms. The van der Waals surface area contributed by atoms with Crippen LogP contribution in [-0.4, -0.2) is 56.4 Å². The van der Waals surface area contributed by atoms with Crippen LogP contribution < -0.4 is 4.74 Å². The number of aliphatic hydroxyl groups is 1. The van der Waals surface area contributed by atoms with Gasteiger partial charge in [0.2, 0.25) is 5.60 Å². The Hall–Kier alpha value is -1.80. The summed E-state index contributed by atoms with van der Waals surface area (Å²) >= 11 is 0. The molecule has 0 saturated heterocycles. The number of hydrogen-bond donors (Lipinski definition) is 1. The number of hydrogen-bond acceptors (Lipinski definition) is 4. The molecule has 0 amide bonds. The van der Waals surface area contributed by atoms with Gasteiger partial charge in [-0.05, 0) is 30.9 Å². The summed E-state index contributed by atoms with van der Waals surface area (Å²) in [5, 5.41) is 10.6. The average molecular weight is 404 g/mol. The van der Waals surface area contributed by atoms with Gasteiger partial charge >= 0.3 is 6.18 Å². The number of ether oxygens (including phenoxy) is 2. The molecule has 0 aliphatic heterocycles. The molecule has 0 saturated carbocycles. The summed E-state index contributed by atoms with van der Waals surface area (Å²) in [6.45, 7) is 8.97. The van der Waals surface area contributed by atoms with Gasteiger partial charge in [0.1, 0.15) is 5.75 Å². The van der Waals surface area contributed by atoms with Crippen LogP contribution in [0.1, 0.15) is 38.8 Å². The maximum Gasteiger partial charge on any atom is 0.423 e. The third-order valence-electron chi connectivity index (χ3n) is 4.17. The Morgan fingerprint density at radius 3 is 2.25 bits per heavy atom. The molecule has 0 spiro atoms. The maximum absolute atomic E-state index is 13.8. The minimum atomic E-state index is -4.95. The minimum absolute atomic E-state index is 0.0679. The van der Waals surface area contributed by atoms with Gasteiger partial charge < -0.3 is 19.5 Å². The summed E-state index contributed by atoms with van der Waals surface area (Å²) in [6, 6.07) is 2.65. The van der Waals surface area contributed by atoms with E-state index in [2.05, 4.69) is 4.99 Å². The Labute approximate surface area is 165 Å². The van der Waals surface area contributed by atoms with Gasteiger partial charge in [0.25, 0.3) is 0 Å². The van der Waals surface area contributed by atoms with Gasteiger partial charge in [0.05, 0.1) is 32.3 Å². The van der Waals surface area contributed by atoms with Crippen molar-refractivity contribution >= 4 is 12.0 Å². The molecule has 0 heterocycles. The number of halogens is 3. The lowest BCUT2D eigenvalue weighted by molar-refractivity contribution is -0.283. The molecule has 0 aliphatic carbocycles. The van der Waals surface area contributed by atoms with Crippen molar-refractivity contribution in [3.05, 3.63) is 23.3 Å². The molecule has 0 radical (unpaired) electrons. The quantitative estimate of drug-likeness (QED) is 0.515. The minimum Gasteiger partial charge on any atom is -0.496 e. The molecule has 0 bridgehead atoms. The zero-order valence-electron chi connectivity index (χ0n) is 17.6. The zero-order chi connectivity index (χ0) is 21.8. The molecule has 1 unspecified atom stereocenters. The summed E-state index contributed by atoms with van der Waals surface area (Å²) in [5.41, 5.74) is -2.99. The van der Waals surface area contributed by atoms with Crippen LogP contribution in [0, 0.1) is 12.3 Å². The number of aryl methyl sites for hydroxylation is 1. The monoisotopic (exact) mass is 404 g/mol. The molecule has 1 aromatic rings. The molecule has 0 aromatic heterocycles. The Kier molecular flexibility index (Phi) is 7.91. The first-order chi connectivity index (χ1) is 12.7. The van der Waals surface area contributed by atoms with Gasteiger partial charge in [-0.25, -0.2) is 4.99 Å². The summed E-state index contributed by atoms with van der Waals surface area (Å²) in [6.07, 6.45) is -3.36.